The third-order valence-corrected chi connectivity index (χ3v) is 5.24. The second-order valence-electron chi connectivity index (χ2n) is 5.96. The summed E-state index contributed by atoms with van der Waals surface area (Å²) in [7, 11) is 1.98. The molecule has 1 aromatic heterocycles. The van der Waals surface area contributed by atoms with E-state index in [-0.39, 0.29) is 5.41 Å². The Morgan fingerprint density at radius 2 is 2.15 bits per heavy atom. The van der Waals surface area contributed by atoms with E-state index in [4.69, 9.17) is 0 Å². The fourth-order valence-corrected chi connectivity index (χ4v) is 3.94. The van der Waals surface area contributed by atoms with Crippen molar-refractivity contribution in [1.29, 1.82) is 0 Å². The molecule has 0 radical (unpaired) electrons. The molecule has 0 spiro atoms. The number of rotatable bonds is 3. The van der Waals surface area contributed by atoms with Crippen molar-refractivity contribution in [1.82, 2.24) is 14.8 Å². The number of halogens is 1. The topological polar surface area (TPSA) is 30.7 Å². The van der Waals surface area contributed by atoms with Crippen LogP contribution in [0.1, 0.15) is 31.2 Å². The molecule has 3 nitrogen and oxygen atoms in total. The smallest absolute Gasteiger partial charge is 0.187 e. The highest BCUT2D eigenvalue weighted by molar-refractivity contribution is 9.10. The van der Waals surface area contributed by atoms with Crippen molar-refractivity contribution in [2.75, 3.05) is 0 Å². The predicted octanol–water partition coefficient (Wildman–Crippen LogP) is 3.78. The first-order chi connectivity index (χ1) is 9.50. The van der Waals surface area contributed by atoms with E-state index in [1.54, 1.807) is 0 Å². The Morgan fingerprint density at radius 1 is 1.40 bits per heavy atom. The number of nitrogens with zero attached hydrogens (tertiary/aromatic N) is 3. The van der Waals surface area contributed by atoms with Crippen molar-refractivity contribution in [3.05, 3.63) is 40.1 Å². The van der Waals surface area contributed by atoms with E-state index in [0.29, 0.717) is 5.16 Å². The van der Waals surface area contributed by atoms with Crippen LogP contribution in [0.2, 0.25) is 0 Å². The van der Waals surface area contributed by atoms with Gasteiger partial charge in [-0.25, -0.2) is 0 Å². The molecular formula is C15H18BrN3S. The minimum atomic E-state index is 0.199. The van der Waals surface area contributed by atoms with E-state index in [0.717, 1.165) is 22.6 Å². The minimum absolute atomic E-state index is 0.199. The lowest BCUT2D eigenvalue weighted by molar-refractivity contribution is 0.152. The molecule has 0 aliphatic heterocycles. The SMILES string of the molecule is CC1CC(Cc2nnc(S)n2C)(c2cccc(Br)c2)C1. The van der Waals surface area contributed by atoms with E-state index in [1.807, 2.05) is 11.6 Å². The zero-order chi connectivity index (χ0) is 14.3. The van der Waals surface area contributed by atoms with Crippen LogP contribution in [0.15, 0.2) is 33.9 Å². The molecular weight excluding hydrogens is 334 g/mol. The maximum atomic E-state index is 4.32. The zero-order valence-corrected chi connectivity index (χ0v) is 14.2. The summed E-state index contributed by atoms with van der Waals surface area (Å²) in [6.07, 6.45) is 3.34. The Labute approximate surface area is 133 Å². The van der Waals surface area contributed by atoms with Gasteiger partial charge in [0.15, 0.2) is 5.16 Å². The van der Waals surface area contributed by atoms with Gasteiger partial charge in [0.2, 0.25) is 0 Å². The van der Waals surface area contributed by atoms with Gasteiger partial charge in [-0.1, -0.05) is 35.0 Å². The average Bonchev–Trinajstić information content (AvgIpc) is 2.68. The van der Waals surface area contributed by atoms with Crippen LogP contribution in [0.25, 0.3) is 0 Å². The van der Waals surface area contributed by atoms with Gasteiger partial charge in [-0.05, 0) is 36.5 Å². The third-order valence-electron chi connectivity index (χ3n) is 4.35. The van der Waals surface area contributed by atoms with Crippen molar-refractivity contribution >= 4 is 28.6 Å². The molecule has 0 unspecified atom stereocenters. The standard InChI is InChI=1S/C15H18BrN3S/c1-10-7-15(8-10,11-4-3-5-12(16)6-11)9-13-17-18-14(20)19(13)2/h3-6,10H,7-9H2,1-2H3,(H,18,20). The predicted molar refractivity (Wildman–Crippen MR) is 86.2 cm³/mol. The van der Waals surface area contributed by atoms with Crippen molar-refractivity contribution < 1.29 is 0 Å². The Morgan fingerprint density at radius 3 is 2.70 bits per heavy atom. The molecule has 5 heteroatoms. The summed E-state index contributed by atoms with van der Waals surface area (Å²) in [4.78, 5) is 0. The maximum absolute atomic E-state index is 4.32. The molecule has 1 aromatic carbocycles. The van der Waals surface area contributed by atoms with Gasteiger partial charge >= 0.3 is 0 Å². The Kier molecular flexibility index (Phi) is 3.67. The second-order valence-corrected chi connectivity index (χ2v) is 7.27. The summed E-state index contributed by atoms with van der Waals surface area (Å²) in [5.41, 5.74) is 1.60. The number of thiol groups is 1. The molecule has 1 aliphatic rings. The van der Waals surface area contributed by atoms with Gasteiger partial charge in [-0.2, -0.15) is 0 Å². The zero-order valence-electron chi connectivity index (χ0n) is 11.7. The van der Waals surface area contributed by atoms with Crippen LogP contribution in [0, 0.1) is 5.92 Å². The molecule has 1 saturated carbocycles. The van der Waals surface area contributed by atoms with Gasteiger partial charge in [-0.3, -0.25) is 0 Å². The monoisotopic (exact) mass is 351 g/mol. The molecule has 0 bridgehead atoms. The van der Waals surface area contributed by atoms with Gasteiger partial charge in [0, 0.05) is 23.4 Å². The molecule has 0 N–H and O–H groups in total. The number of benzene rings is 1. The first-order valence-corrected chi connectivity index (χ1v) is 8.07. The normalized spacial score (nSPS) is 25.5. The minimum Gasteiger partial charge on any atom is -0.309 e. The summed E-state index contributed by atoms with van der Waals surface area (Å²) in [5, 5.41) is 9.01. The van der Waals surface area contributed by atoms with Gasteiger partial charge in [0.05, 0.1) is 0 Å². The van der Waals surface area contributed by atoms with Crippen LogP contribution in [-0.4, -0.2) is 14.8 Å². The molecule has 106 valence electrons. The molecule has 0 amide bonds. The van der Waals surface area contributed by atoms with Crippen molar-refractivity contribution in [3.8, 4) is 0 Å². The maximum Gasteiger partial charge on any atom is 0.187 e. The quantitative estimate of drug-likeness (QED) is 0.853. The van der Waals surface area contributed by atoms with Crippen LogP contribution in [0.3, 0.4) is 0 Å². The van der Waals surface area contributed by atoms with E-state index < -0.39 is 0 Å². The number of hydrogen-bond donors (Lipinski definition) is 1. The number of hydrogen-bond acceptors (Lipinski definition) is 3. The highest BCUT2D eigenvalue weighted by Gasteiger charge is 2.44. The summed E-state index contributed by atoms with van der Waals surface area (Å²) in [6.45, 7) is 2.32. The van der Waals surface area contributed by atoms with Gasteiger partial charge < -0.3 is 4.57 Å². The molecule has 1 heterocycles. The summed E-state index contributed by atoms with van der Waals surface area (Å²) < 4.78 is 3.12. The molecule has 1 aliphatic carbocycles. The fraction of sp³-hybridized carbons (Fsp3) is 0.467. The molecule has 1 fully saturated rings. The molecule has 3 rings (SSSR count). The fourth-order valence-electron chi connectivity index (χ4n) is 3.38. The molecule has 0 saturated heterocycles. The van der Waals surface area contributed by atoms with Crippen LogP contribution in [0.4, 0.5) is 0 Å². The lowest BCUT2D eigenvalue weighted by Crippen LogP contribution is -2.42. The first-order valence-electron chi connectivity index (χ1n) is 6.83. The highest BCUT2D eigenvalue weighted by Crippen LogP contribution is 2.49. The Balaban J connectivity index is 1.95. The van der Waals surface area contributed by atoms with E-state index in [2.05, 4.69) is 69.9 Å². The first kappa shape index (κ1) is 14.1. The van der Waals surface area contributed by atoms with E-state index in [9.17, 15) is 0 Å². The van der Waals surface area contributed by atoms with Gasteiger partial charge in [-0.15, -0.1) is 22.8 Å². The van der Waals surface area contributed by atoms with Crippen LogP contribution in [-0.2, 0) is 18.9 Å². The molecule has 20 heavy (non-hydrogen) atoms. The van der Waals surface area contributed by atoms with Crippen molar-refractivity contribution in [2.45, 2.75) is 36.8 Å². The lowest BCUT2D eigenvalue weighted by Gasteiger charge is -2.47. The van der Waals surface area contributed by atoms with Crippen LogP contribution >= 0.6 is 28.6 Å². The second kappa shape index (κ2) is 5.19. The van der Waals surface area contributed by atoms with Gasteiger partial charge in [0.1, 0.15) is 5.82 Å². The highest BCUT2D eigenvalue weighted by atomic mass is 79.9. The summed E-state index contributed by atoms with van der Waals surface area (Å²) >= 11 is 7.90. The largest absolute Gasteiger partial charge is 0.309 e. The van der Waals surface area contributed by atoms with E-state index in [1.165, 1.54) is 18.4 Å². The number of aromatic nitrogens is 3. The Bertz CT molecular complexity index is 632. The van der Waals surface area contributed by atoms with E-state index >= 15 is 0 Å². The summed E-state index contributed by atoms with van der Waals surface area (Å²) in [6, 6.07) is 8.66. The van der Waals surface area contributed by atoms with Crippen LogP contribution in [0.5, 0.6) is 0 Å². The molecule has 0 atom stereocenters. The van der Waals surface area contributed by atoms with Crippen molar-refractivity contribution in [3.63, 3.8) is 0 Å². The third kappa shape index (κ3) is 2.42. The average molecular weight is 352 g/mol. The summed E-state index contributed by atoms with van der Waals surface area (Å²) in [5.74, 6) is 1.79. The lowest BCUT2D eigenvalue weighted by atomic mass is 9.57. The Hall–Kier alpha value is -0.810. The van der Waals surface area contributed by atoms with Crippen molar-refractivity contribution in [2.24, 2.45) is 13.0 Å². The van der Waals surface area contributed by atoms with Crippen LogP contribution < -0.4 is 0 Å². The van der Waals surface area contributed by atoms with Gasteiger partial charge in [0.25, 0.3) is 0 Å². The molecule has 2 aromatic rings.